The van der Waals surface area contributed by atoms with Gasteiger partial charge in [-0.25, -0.2) is 9.59 Å². The molecule has 1 rings (SSSR count). The number of aromatic carboxylic acids is 1. The number of rotatable bonds is 6. The molecule has 0 fully saturated rings. The van der Waals surface area contributed by atoms with E-state index in [1.54, 1.807) is 24.1 Å². The van der Waals surface area contributed by atoms with Gasteiger partial charge in [0.05, 0.1) is 18.7 Å². The van der Waals surface area contributed by atoms with Crippen LogP contribution in [-0.4, -0.2) is 53.4 Å². The Balaban J connectivity index is 3.00. The van der Waals surface area contributed by atoms with E-state index in [-0.39, 0.29) is 30.8 Å². The predicted molar refractivity (Wildman–Crippen MR) is 80.7 cm³/mol. The molecule has 2 amide bonds. The minimum absolute atomic E-state index is 0.0805. The normalized spacial score (nSPS) is 11.8. The molecule has 6 heteroatoms. The average Bonchev–Trinajstić information content (AvgIpc) is 2.50. The highest BCUT2D eigenvalue weighted by molar-refractivity contribution is 5.93. The molecule has 1 atom stereocenters. The Morgan fingerprint density at radius 2 is 1.81 bits per heavy atom. The summed E-state index contributed by atoms with van der Waals surface area (Å²) in [4.78, 5) is 26.4. The Morgan fingerprint density at radius 3 is 2.24 bits per heavy atom. The monoisotopic (exact) mass is 294 g/mol. The van der Waals surface area contributed by atoms with Gasteiger partial charge in [0.2, 0.25) is 0 Å². The molecular weight excluding hydrogens is 272 g/mol. The van der Waals surface area contributed by atoms with E-state index >= 15 is 0 Å². The molecule has 0 heterocycles. The summed E-state index contributed by atoms with van der Waals surface area (Å²) in [6.45, 7) is 3.93. The SMILES string of the molecule is CCC(C)N(C)C(=O)N(CCO)c1ccc(C(=O)O)cc1. The second-order valence-corrected chi connectivity index (χ2v) is 4.88. The summed E-state index contributed by atoms with van der Waals surface area (Å²) in [5, 5.41) is 18.1. The fourth-order valence-corrected chi connectivity index (χ4v) is 1.87. The van der Waals surface area contributed by atoms with Crippen molar-refractivity contribution < 1.29 is 19.8 Å². The lowest BCUT2D eigenvalue weighted by Crippen LogP contribution is -2.46. The number of aliphatic hydroxyl groups excluding tert-OH is 1. The first kappa shape index (κ1) is 17.0. The van der Waals surface area contributed by atoms with Crippen LogP contribution in [0, 0.1) is 0 Å². The fraction of sp³-hybridized carbons (Fsp3) is 0.467. The topological polar surface area (TPSA) is 81.1 Å². The number of carbonyl (C=O) groups is 2. The van der Waals surface area contributed by atoms with E-state index in [0.29, 0.717) is 5.69 Å². The lowest BCUT2D eigenvalue weighted by atomic mass is 10.2. The molecule has 0 aromatic heterocycles. The Labute approximate surface area is 124 Å². The molecule has 0 radical (unpaired) electrons. The Hall–Kier alpha value is -2.08. The minimum Gasteiger partial charge on any atom is -0.478 e. The van der Waals surface area contributed by atoms with Gasteiger partial charge in [-0.05, 0) is 37.6 Å². The molecule has 0 bridgehead atoms. The zero-order valence-electron chi connectivity index (χ0n) is 12.6. The van der Waals surface area contributed by atoms with Crippen molar-refractivity contribution in [3.05, 3.63) is 29.8 Å². The molecule has 0 spiro atoms. The van der Waals surface area contributed by atoms with Gasteiger partial charge in [0.25, 0.3) is 0 Å². The Bertz CT molecular complexity index is 487. The van der Waals surface area contributed by atoms with Gasteiger partial charge >= 0.3 is 12.0 Å². The number of anilines is 1. The summed E-state index contributed by atoms with van der Waals surface area (Å²) >= 11 is 0. The van der Waals surface area contributed by atoms with Crippen molar-refractivity contribution in [3.63, 3.8) is 0 Å². The van der Waals surface area contributed by atoms with E-state index < -0.39 is 5.97 Å². The first-order valence-electron chi connectivity index (χ1n) is 6.90. The van der Waals surface area contributed by atoms with E-state index in [0.717, 1.165) is 6.42 Å². The third kappa shape index (κ3) is 4.19. The molecule has 0 saturated heterocycles. The molecule has 21 heavy (non-hydrogen) atoms. The summed E-state index contributed by atoms with van der Waals surface area (Å²) in [5.74, 6) is -1.02. The number of aliphatic hydroxyl groups is 1. The Morgan fingerprint density at radius 1 is 1.24 bits per heavy atom. The van der Waals surface area contributed by atoms with Crippen LogP contribution in [0.5, 0.6) is 0 Å². The van der Waals surface area contributed by atoms with Crippen LogP contribution < -0.4 is 4.90 Å². The number of nitrogens with zero attached hydrogens (tertiary/aromatic N) is 2. The molecular formula is C15H22N2O4. The quantitative estimate of drug-likeness (QED) is 0.841. The fourth-order valence-electron chi connectivity index (χ4n) is 1.87. The maximum atomic E-state index is 12.5. The average molecular weight is 294 g/mol. The third-order valence-electron chi connectivity index (χ3n) is 3.53. The first-order valence-corrected chi connectivity index (χ1v) is 6.90. The number of carboxylic acids is 1. The molecule has 0 aliphatic heterocycles. The van der Waals surface area contributed by atoms with E-state index in [1.165, 1.54) is 17.0 Å². The van der Waals surface area contributed by atoms with Crippen LogP contribution in [0.2, 0.25) is 0 Å². The van der Waals surface area contributed by atoms with Crippen LogP contribution >= 0.6 is 0 Å². The number of hydrogen-bond donors (Lipinski definition) is 2. The van der Waals surface area contributed by atoms with Gasteiger partial charge < -0.3 is 15.1 Å². The van der Waals surface area contributed by atoms with Gasteiger partial charge in [-0.15, -0.1) is 0 Å². The largest absolute Gasteiger partial charge is 0.478 e. The first-order chi connectivity index (χ1) is 9.92. The van der Waals surface area contributed by atoms with Crippen molar-refractivity contribution in [2.75, 3.05) is 25.1 Å². The van der Waals surface area contributed by atoms with Crippen molar-refractivity contribution >= 4 is 17.7 Å². The van der Waals surface area contributed by atoms with Crippen molar-refractivity contribution in [2.45, 2.75) is 26.3 Å². The second kappa shape index (κ2) is 7.64. The van der Waals surface area contributed by atoms with Crippen LogP contribution in [0.3, 0.4) is 0 Å². The van der Waals surface area contributed by atoms with Crippen molar-refractivity contribution in [1.29, 1.82) is 0 Å². The van der Waals surface area contributed by atoms with E-state index in [9.17, 15) is 9.59 Å². The summed E-state index contributed by atoms with van der Waals surface area (Å²) in [7, 11) is 1.71. The van der Waals surface area contributed by atoms with Gasteiger partial charge in [-0.1, -0.05) is 6.92 Å². The maximum Gasteiger partial charge on any atom is 0.335 e. The molecule has 0 aliphatic carbocycles. The molecule has 1 unspecified atom stereocenters. The minimum atomic E-state index is -1.02. The zero-order valence-corrected chi connectivity index (χ0v) is 12.6. The van der Waals surface area contributed by atoms with Crippen LogP contribution in [0.25, 0.3) is 0 Å². The van der Waals surface area contributed by atoms with Crippen molar-refractivity contribution in [3.8, 4) is 0 Å². The second-order valence-electron chi connectivity index (χ2n) is 4.88. The summed E-state index contributed by atoms with van der Waals surface area (Å²) in [5.41, 5.74) is 0.722. The van der Waals surface area contributed by atoms with E-state index in [1.807, 2.05) is 13.8 Å². The van der Waals surface area contributed by atoms with Crippen molar-refractivity contribution in [2.24, 2.45) is 0 Å². The van der Waals surface area contributed by atoms with Gasteiger partial charge in [0, 0.05) is 18.8 Å². The maximum absolute atomic E-state index is 12.5. The number of carbonyl (C=O) groups excluding carboxylic acids is 1. The third-order valence-corrected chi connectivity index (χ3v) is 3.53. The molecule has 2 N–H and O–H groups in total. The molecule has 6 nitrogen and oxygen atoms in total. The number of carboxylic acid groups (broad SMARTS) is 1. The van der Waals surface area contributed by atoms with Gasteiger partial charge in [0.1, 0.15) is 0 Å². The zero-order chi connectivity index (χ0) is 16.0. The molecule has 0 saturated carbocycles. The van der Waals surface area contributed by atoms with Crippen LogP contribution in [-0.2, 0) is 0 Å². The smallest absolute Gasteiger partial charge is 0.335 e. The van der Waals surface area contributed by atoms with E-state index in [4.69, 9.17) is 10.2 Å². The highest BCUT2D eigenvalue weighted by Gasteiger charge is 2.22. The number of benzene rings is 1. The molecule has 0 aliphatic rings. The van der Waals surface area contributed by atoms with E-state index in [2.05, 4.69) is 0 Å². The highest BCUT2D eigenvalue weighted by Crippen LogP contribution is 2.18. The van der Waals surface area contributed by atoms with Gasteiger partial charge in [-0.2, -0.15) is 0 Å². The predicted octanol–water partition coefficient (Wildman–Crippen LogP) is 2.03. The number of urea groups is 1. The lowest BCUT2D eigenvalue weighted by molar-refractivity contribution is 0.0697. The van der Waals surface area contributed by atoms with Gasteiger partial charge in [0.15, 0.2) is 0 Å². The highest BCUT2D eigenvalue weighted by atomic mass is 16.4. The summed E-state index contributed by atoms with van der Waals surface area (Å²) in [6.07, 6.45) is 0.827. The molecule has 1 aromatic rings. The van der Waals surface area contributed by atoms with Crippen molar-refractivity contribution in [1.82, 2.24) is 4.90 Å². The molecule has 1 aromatic carbocycles. The Kier molecular flexibility index (Phi) is 6.17. The van der Waals surface area contributed by atoms with Gasteiger partial charge in [-0.3, -0.25) is 4.90 Å². The number of hydrogen-bond acceptors (Lipinski definition) is 3. The number of amides is 2. The van der Waals surface area contributed by atoms with Crippen LogP contribution in [0.1, 0.15) is 30.6 Å². The summed E-state index contributed by atoms with van der Waals surface area (Å²) < 4.78 is 0. The summed E-state index contributed by atoms with van der Waals surface area (Å²) in [6, 6.07) is 5.89. The standard InChI is InChI=1S/C15H22N2O4/c1-4-11(2)16(3)15(21)17(9-10-18)13-7-5-12(6-8-13)14(19)20/h5-8,11,18H,4,9-10H2,1-3H3,(H,19,20). The van der Waals surface area contributed by atoms with Crippen LogP contribution in [0.4, 0.5) is 10.5 Å². The molecule has 116 valence electrons. The van der Waals surface area contributed by atoms with Crippen LogP contribution in [0.15, 0.2) is 24.3 Å². The lowest BCUT2D eigenvalue weighted by Gasteiger charge is -2.31.